The molecule has 1 heterocycles. The average molecular weight is 359 g/mol. The van der Waals surface area contributed by atoms with Crippen molar-refractivity contribution in [2.24, 2.45) is 0 Å². The Morgan fingerprint density at radius 3 is 2.73 bits per heavy atom. The number of nitrogens with two attached hydrogens (primary N) is 1. The Morgan fingerprint density at radius 2 is 2.12 bits per heavy atom. The van der Waals surface area contributed by atoms with E-state index in [1.165, 1.54) is 12.1 Å². The van der Waals surface area contributed by atoms with Crippen LogP contribution in [0.2, 0.25) is 0 Å². The minimum Gasteiger partial charge on any atom is -0.480 e. The van der Waals surface area contributed by atoms with Crippen LogP contribution in [0.25, 0.3) is 0 Å². The zero-order chi connectivity index (χ0) is 19.1. The standard InChI is InChI=1S/C16H17N5O5/c17-12-4-3-11(6-14(12)21(25)26)20-15(22)7-13(16(23)24)19-9-10-2-1-5-18-8-10/h1-6,8,13,19H,7,9,17H2,(H,20,22)(H,23,24)/t13-/m0/s1. The van der Waals surface area contributed by atoms with E-state index in [0.29, 0.717) is 0 Å². The van der Waals surface area contributed by atoms with E-state index in [4.69, 9.17) is 5.73 Å². The van der Waals surface area contributed by atoms with Crippen molar-refractivity contribution in [2.45, 2.75) is 19.0 Å². The molecule has 0 fully saturated rings. The van der Waals surface area contributed by atoms with Crippen molar-refractivity contribution in [3.63, 3.8) is 0 Å². The van der Waals surface area contributed by atoms with Crippen LogP contribution in [0.3, 0.4) is 0 Å². The molecule has 26 heavy (non-hydrogen) atoms. The summed E-state index contributed by atoms with van der Waals surface area (Å²) in [6.45, 7) is 0.228. The van der Waals surface area contributed by atoms with E-state index in [1.807, 2.05) is 0 Å². The van der Waals surface area contributed by atoms with Crippen molar-refractivity contribution in [1.29, 1.82) is 0 Å². The van der Waals surface area contributed by atoms with E-state index in [9.17, 15) is 24.8 Å². The lowest BCUT2D eigenvalue weighted by molar-refractivity contribution is -0.383. The molecule has 0 aliphatic carbocycles. The molecule has 1 aromatic heterocycles. The number of amides is 1. The molecular formula is C16H17N5O5. The highest BCUT2D eigenvalue weighted by Crippen LogP contribution is 2.25. The molecule has 2 aromatic rings. The molecule has 0 radical (unpaired) electrons. The van der Waals surface area contributed by atoms with Crippen LogP contribution in [0.4, 0.5) is 17.1 Å². The minimum atomic E-state index is -1.19. The second kappa shape index (κ2) is 8.53. The van der Waals surface area contributed by atoms with Crippen molar-refractivity contribution in [3.05, 3.63) is 58.4 Å². The Morgan fingerprint density at radius 1 is 1.35 bits per heavy atom. The number of carbonyl (C=O) groups excluding carboxylic acids is 1. The van der Waals surface area contributed by atoms with Gasteiger partial charge in [-0.25, -0.2) is 0 Å². The molecule has 0 aliphatic heterocycles. The van der Waals surface area contributed by atoms with Gasteiger partial charge in [0.1, 0.15) is 11.7 Å². The van der Waals surface area contributed by atoms with Crippen LogP contribution in [-0.2, 0) is 16.1 Å². The van der Waals surface area contributed by atoms with Gasteiger partial charge in [-0.15, -0.1) is 0 Å². The number of nitrogens with zero attached hydrogens (tertiary/aromatic N) is 2. The number of nitro benzene ring substituents is 1. The molecule has 0 unspecified atom stereocenters. The first-order valence-electron chi connectivity index (χ1n) is 7.55. The van der Waals surface area contributed by atoms with Gasteiger partial charge in [-0.1, -0.05) is 6.07 Å². The van der Waals surface area contributed by atoms with Gasteiger partial charge in [-0.3, -0.25) is 30.0 Å². The maximum Gasteiger partial charge on any atom is 0.321 e. The lowest BCUT2D eigenvalue weighted by atomic mass is 10.1. The first-order valence-corrected chi connectivity index (χ1v) is 7.55. The van der Waals surface area contributed by atoms with Gasteiger partial charge in [0.15, 0.2) is 0 Å². The van der Waals surface area contributed by atoms with Crippen molar-refractivity contribution in [3.8, 4) is 0 Å². The Hall–Kier alpha value is -3.53. The number of pyridine rings is 1. The molecule has 0 saturated heterocycles. The molecule has 0 spiro atoms. The zero-order valence-corrected chi connectivity index (χ0v) is 13.6. The summed E-state index contributed by atoms with van der Waals surface area (Å²) in [5.41, 5.74) is 6.05. The highest BCUT2D eigenvalue weighted by atomic mass is 16.6. The van der Waals surface area contributed by atoms with Crippen LogP contribution in [0, 0.1) is 10.1 Å². The first kappa shape index (κ1) is 18.8. The topological polar surface area (TPSA) is 160 Å². The molecule has 5 N–H and O–H groups in total. The summed E-state index contributed by atoms with van der Waals surface area (Å²) in [6, 6.07) is 6.17. The fourth-order valence-electron chi connectivity index (χ4n) is 2.17. The van der Waals surface area contributed by atoms with Gasteiger partial charge in [-0.2, -0.15) is 0 Å². The molecule has 1 atom stereocenters. The number of benzene rings is 1. The van der Waals surface area contributed by atoms with Crippen LogP contribution in [0.5, 0.6) is 0 Å². The third kappa shape index (κ3) is 5.24. The third-order valence-corrected chi connectivity index (χ3v) is 3.47. The predicted octanol–water partition coefficient (Wildman–Crippen LogP) is 1.14. The predicted molar refractivity (Wildman–Crippen MR) is 93.3 cm³/mol. The summed E-state index contributed by atoms with van der Waals surface area (Å²) in [5.74, 6) is -1.79. The maximum absolute atomic E-state index is 12.1. The fourth-order valence-corrected chi connectivity index (χ4v) is 2.17. The van der Waals surface area contributed by atoms with E-state index in [1.54, 1.807) is 24.5 Å². The molecule has 0 saturated carbocycles. The SMILES string of the molecule is Nc1ccc(NC(=O)C[C@H](NCc2cccnc2)C(=O)O)cc1[N+](=O)[O-]. The number of nitrogen functional groups attached to an aromatic ring is 1. The number of carbonyl (C=O) groups is 2. The normalized spacial score (nSPS) is 11.5. The summed E-state index contributed by atoms with van der Waals surface area (Å²) in [6.07, 6.45) is 2.82. The number of anilines is 2. The highest BCUT2D eigenvalue weighted by Gasteiger charge is 2.21. The van der Waals surface area contributed by atoms with E-state index in [-0.39, 0.29) is 30.0 Å². The van der Waals surface area contributed by atoms with Crippen molar-refractivity contribution >= 4 is 28.9 Å². The molecule has 1 aromatic carbocycles. The Bertz CT molecular complexity index is 812. The van der Waals surface area contributed by atoms with Gasteiger partial charge in [0.05, 0.1) is 11.3 Å². The third-order valence-electron chi connectivity index (χ3n) is 3.47. The fraction of sp³-hybridized carbons (Fsp3) is 0.188. The molecule has 2 rings (SSSR count). The smallest absolute Gasteiger partial charge is 0.321 e. The monoisotopic (exact) mass is 359 g/mol. The number of hydrogen-bond acceptors (Lipinski definition) is 7. The van der Waals surface area contributed by atoms with Crippen molar-refractivity contribution in [1.82, 2.24) is 10.3 Å². The van der Waals surface area contributed by atoms with E-state index in [0.717, 1.165) is 11.6 Å². The highest BCUT2D eigenvalue weighted by molar-refractivity contribution is 5.94. The quantitative estimate of drug-likeness (QED) is 0.310. The number of nitro groups is 1. The lowest BCUT2D eigenvalue weighted by Gasteiger charge is -2.14. The van der Waals surface area contributed by atoms with Crippen molar-refractivity contribution < 1.29 is 19.6 Å². The summed E-state index contributed by atoms with van der Waals surface area (Å²) in [4.78, 5) is 37.5. The van der Waals surface area contributed by atoms with Crippen LogP contribution >= 0.6 is 0 Å². The van der Waals surface area contributed by atoms with Gasteiger partial charge < -0.3 is 16.2 Å². The molecule has 10 heteroatoms. The van der Waals surface area contributed by atoms with Gasteiger partial charge >= 0.3 is 5.97 Å². The Balaban J connectivity index is 1.98. The number of hydrogen-bond donors (Lipinski definition) is 4. The number of carboxylic acid groups (broad SMARTS) is 1. The molecule has 0 aliphatic rings. The van der Waals surface area contributed by atoms with E-state index >= 15 is 0 Å². The van der Waals surface area contributed by atoms with Gasteiger partial charge in [0.2, 0.25) is 5.91 Å². The summed E-state index contributed by atoms with van der Waals surface area (Å²) in [5, 5.41) is 25.3. The summed E-state index contributed by atoms with van der Waals surface area (Å²) >= 11 is 0. The van der Waals surface area contributed by atoms with Gasteiger partial charge in [0.25, 0.3) is 5.69 Å². The summed E-state index contributed by atoms with van der Waals surface area (Å²) < 4.78 is 0. The zero-order valence-electron chi connectivity index (χ0n) is 13.6. The second-order valence-corrected chi connectivity index (χ2v) is 5.42. The number of aromatic nitrogens is 1. The Labute approximate surface area is 148 Å². The molecule has 0 bridgehead atoms. The second-order valence-electron chi connectivity index (χ2n) is 5.42. The van der Waals surface area contributed by atoms with Crippen LogP contribution < -0.4 is 16.4 Å². The molecule has 10 nitrogen and oxygen atoms in total. The average Bonchev–Trinajstić information content (AvgIpc) is 2.60. The molecule has 136 valence electrons. The van der Waals surface area contributed by atoms with Crippen LogP contribution in [0.1, 0.15) is 12.0 Å². The van der Waals surface area contributed by atoms with Crippen LogP contribution in [0.15, 0.2) is 42.7 Å². The first-order chi connectivity index (χ1) is 12.4. The largest absolute Gasteiger partial charge is 0.480 e. The number of rotatable bonds is 8. The summed E-state index contributed by atoms with van der Waals surface area (Å²) in [7, 11) is 0. The lowest BCUT2D eigenvalue weighted by Crippen LogP contribution is -2.39. The van der Waals surface area contributed by atoms with Crippen molar-refractivity contribution in [2.75, 3.05) is 11.1 Å². The number of aliphatic carboxylic acids is 1. The van der Waals surface area contributed by atoms with Gasteiger partial charge in [0, 0.05) is 30.7 Å². The number of nitrogens with one attached hydrogen (secondary N) is 2. The Kier molecular flexibility index (Phi) is 6.17. The molecule has 1 amide bonds. The van der Waals surface area contributed by atoms with E-state index < -0.39 is 22.8 Å². The van der Waals surface area contributed by atoms with Crippen LogP contribution in [-0.4, -0.2) is 32.9 Å². The maximum atomic E-state index is 12.1. The molecular weight excluding hydrogens is 342 g/mol. The number of carboxylic acids is 1. The minimum absolute atomic E-state index is 0.0328. The van der Waals surface area contributed by atoms with E-state index in [2.05, 4.69) is 15.6 Å². The van der Waals surface area contributed by atoms with Gasteiger partial charge in [-0.05, 0) is 23.8 Å².